The van der Waals surface area contributed by atoms with Crippen LogP contribution in [-0.2, 0) is 11.3 Å². The minimum atomic E-state index is 0.180. The summed E-state index contributed by atoms with van der Waals surface area (Å²) in [6, 6.07) is 14.1. The van der Waals surface area contributed by atoms with Gasteiger partial charge in [0.2, 0.25) is 5.91 Å². The van der Waals surface area contributed by atoms with E-state index in [2.05, 4.69) is 38.8 Å². The van der Waals surface area contributed by atoms with Crippen molar-refractivity contribution in [2.24, 2.45) is 5.92 Å². The standard InChI is InChI=1S/C22H25N5OS/c1-17-9-12-26(13-10-17)20(28)16-29-22-25-24-21(19-8-5-11-23-14-19)27(22)15-18-6-3-2-4-7-18/h2-8,11,14,17H,9-10,12-13,15-16H2,1H3. The van der Waals surface area contributed by atoms with Crippen LogP contribution in [0.5, 0.6) is 0 Å². The van der Waals surface area contributed by atoms with Crippen LogP contribution in [0.15, 0.2) is 60.0 Å². The molecular weight excluding hydrogens is 382 g/mol. The van der Waals surface area contributed by atoms with Gasteiger partial charge < -0.3 is 4.90 Å². The van der Waals surface area contributed by atoms with Gasteiger partial charge in [-0.15, -0.1) is 10.2 Å². The van der Waals surface area contributed by atoms with Crippen molar-refractivity contribution in [2.75, 3.05) is 18.8 Å². The van der Waals surface area contributed by atoms with Gasteiger partial charge in [-0.3, -0.25) is 14.3 Å². The Labute approximate surface area is 175 Å². The van der Waals surface area contributed by atoms with E-state index in [1.54, 1.807) is 12.4 Å². The normalized spacial score (nSPS) is 14.9. The molecule has 1 saturated heterocycles. The monoisotopic (exact) mass is 407 g/mol. The predicted molar refractivity (Wildman–Crippen MR) is 114 cm³/mol. The number of likely N-dealkylation sites (tertiary alicyclic amines) is 1. The molecule has 4 rings (SSSR count). The molecule has 3 aromatic rings. The fourth-order valence-corrected chi connectivity index (χ4v) is 4.33. The molecule has 1 aliphatic heterocycles. The van der Waals surface area contributed by atoms with Gasteiger partial charge in [0.05, 0.1) is 12.3 Å². The number of thioether (sulfide) groups is 1. The summed E-state index contributed by atoms with van der Waals surface area (Å²) in [6.07, 6.45) is 5.71. The highest BCUT2D eigenvalue weighted by Gasteiger charge is 2.22. The Kier molecular flexibility index (Phi) is 6.24. The SMILES string of the molecule is CC1CCN(C(=O)CSc2nnc(-c3cccnc3)n2Cc2ccccc2)CC1. The highest BCUT2D eigenvalue weighted by Crippen LogP contribution is 2.25. The lowest BCUT2D eigenvalue weighted by atomic mass is 9.99. The Morgan fingerprint density at radius 1 is 1.10 bits per heavy atom. The molecule has 0 saturated carbocycles. The lowest BCUT2D eigenvalue weighted by Crippen LogP contribution is -2.38. The molecule has 7 heteroatoms. The maximum atomic E-state index is 12.7. The first kappa shape index (κ1) is 19.6. The van der Waals surface area contributed by atoms with Gasteiger partial charge in [0, 0.05) is 31.0 Å². The first-order valence-corrected chi connectivity index (χ1v) is 11.0. The second-order valence-electron chi connectivity index (χ2n) is 7.47. The van der Waals surface area contributed by atoms with E-state index < -0.39 is 0 Å². The summed E-state index contributed by atoms with van der Waals surface area (Å²) < 4.78 is 2.07. The zero-order chi connectivity index (χ0) is 20.1. The molecule has 6 nitrogen and oxygen atoms in total. The van der Waals surface area contributed by atoms with Crippen LogP contribution < -0.4 is 0 Å². The second-order valence-corrected chi connectivity index (χ2v) is 8.41. The van der Waals surface area contributed by atoms with Gasteiger partial charge in [-0.05, 0) is 36.5 Å². The molecule has 1 amide bonds. The highest BCUT2D eigenvalue weighted by atomic mass is 32.2. The van der Waals surface area contributed by atoms with Gasteiger partial charge in [0.15, 0.2) is 11.0 Å². The molecule has 0 spiro atoms. The smallest absolute Gasteiger partial charge is 0.233 e. The average Bonchev–Trinajstić information content (AvgIpc) is 3.16. The summed E-state index contributed by atoms with van der Waals surface area (Å²) in [4.78, 5) is 18.9. The van der Waals surface area contributed by atoms with E-state index in [9.17, 15) is 4.79 Å². The largest absolute Gasteiger partial charge is 0.342 e. The molecule has 0 bridgehead atoms. The second kappa shape index (κ2) is 9.22. The summed E-state index contributed by atoms with van der Waals surface area (Å²) in [5.41, 5.74) is 2.08. The Morgan fingerprint density at radius 3 is 2.62 bits per heavy atom. The van der Waals surface area contributed by atoms with E-state index in [-0.39, 0.29) is 5.91 Å². The summed E-state index contributed by atoms with van der Waals surface area (Å²) in [6.45, 7) is 4.62. The molecule has 0 unspecified atom stereocenters. The van der Waals surface area contributed by atoms with Gasteiger partial charge in [-0.1, -0.05) is 49.0 Å². The molecule has 0 radical (unpaired) electrons. The average molecular weight is 408 g/mol. The van der Waals surface area contributed by atoms with Crippen LogP contribution in [0.25, 0.3) is 11.4 Å². The minimum Gasteiger partial charge on any atom is -0.342 e. The molecule has 0 atom stereocenters. The maximum Gasteiger partial charge on any atom is 0.233 e. The van der Waals surface area contributed by atoms with Crippen molar-refractivity contribution in [1.82, 2.24) is 24.6 Å². The predicted octanol–water partition coefficient (Wildman–Crippen LogP) is 3.74. The summed E-state index contributed by atoms with van der Waals surface area (Å²) in [5.74, 6) is 2.04. The van der Waals surface area contributed by atoms with E-state index in [0.29, 0.717) is 18.2 Å². The number of carbonyl (C=O) groups is 1. The Morgan fingerprint density at radius 2 is 1.90 bits per heavy atom. The van der Waals surface area contributed by atoms with Crippen molar-refractivity contribution in [1.29, 1.82) is 0 Å². The lowest BCUT2D eigenvalue weighted by Gasteiger charge is -2.30. The molecule has 0 N–H and O–H groups in total. The molecule has 29 heavy (non-hydrogen) atoms. The number of hydrogen-bond acceptors (Lipinski definition) is 5. The van der Waals surface area contributed by atoms with Crippen molar-refractivity contribution in [3.05, 3.63) is 60.4 Å². The van der Waals surface area contributed by atoms with E-state index in [1.165, 1.54) is 11.8 Å². The molecule has 150 valence electrons. The van der Waals surface area contributed by atoms with Crippen LogP contribution in [0.3, 0.4) is 0 Å². The van der Waals surface area contributed by atoms with Crippen LogP contribution >= 0.6 is 11.8 Å². The Hall–Kier alpha value is -2.67. The van der Waals surface area contributed by atoms with Gasteiger partial charge in [0.25, 0.3) is 0 Å². The van der Waals surface area contributed by atoms with E-state index in [4.69, 9.17) is 0 Å². The van der Waals surface area contributed by atoms with Gasteiger partial charge in [-0.25, -0.2) is 0 Å². The quantitative estimate of drug-likeness (QED) is 0.583. The van der Waals surface area contributed by atoms with Crippen LogP contribution in [-0.4, -0.2) is 49.4 Å². The summed E-state index contributed by atoms with van der Waals surface area (Å²) >= 11 is 1.46. The van der Waals surface area contributed by atoms with E-state index in [1.807, 2.05) is 35.2 Å². The number of rotatable bonds is 6. The zero-order valence-corrected chi connectivity index (χ0v) is 17.4. The molecule has 1 aromatic carbocycles. The number of carbonyl (C=O) groups excluding carboxylic acids is 1. The molecule has 0 aliphatic carbocycles. The number of pyridine rings is 1. The topological polar surface area (TPSA) is 63.9 Å². The van der Waals surface area contributed by atoms with Gasteiger partial charge in [-0.2, -0.15) is 0 Å². The van der Waals surface area contributed by atoms with Crippen molar-refractivity contribution in [3.63, 3.8) is 0 Å². The summed E-state index contributed by atoms with van der Waals surface area (Å²) in [5, 5.41) is 9.56. The van der Waals surface area contributed by atoms with Gasteiger partial charge >= 0.3 is 0 Å². The third-order valence-electron chi connectivity index (χ3n) is 5.28. The van der Waals surface area contributed by atoms with Gasteiger partial charge in [0.1, 0.15) is 0 Å². The van der Waals surface area contributed by atoms with Crippen LogP contribution in [0.1, 0.15) is 25.3 Å². The fourth-order valence-electron chi connectivity index (χ4n) is 3.49. The van der Waals surface area contributed by atoms with Crippen molar-refractivity contribution < 1.29 is 4.79 Å². The molecule has 1 aliphatic rings. The molecular formula is C22H25N5OS. The third kappa shape index (κ3) is 4.85. The van der Waals surface area contributed by atoms with Crippen LogP contribution in [0, 0.1) is 5.92 Å². The van der Waals surface area contributed by atoms with Crippen molar-refractivity contribution in [2.45, 2.75) is 31.5 Å². The molecule has 3 heterocycles. The first-order valence-electron chi connectivity index (χ1n) is 9.99. The van der Waals surface area contributed by atoms with Crippen molar-refractivity contribution >= 4 is 17.7 Å². The number of piperidine rings is 1. The fraction of sp³-hybridized carbons (Fsp3) is 0.364. The van der Waals surface area contributed by atoms with E-state index in [0.717, 1.165) is 48.0 Å². The first-order chi connectivity index (χ1) is 14.2. The van der Waals surface area contributed by atoms with Crippen LogP contribution in [0.4, 0.5) is 0 Å². The molecule has 2 aromatic heterocycles. The third-order valence-corrected chi connectivity index (χ3v) is 6.23. The zero-order valence-electron chi connectivity index (χ0n) is 16.6. The highest BCUT2D eigenvalue weighted by molar-refractivity contribution is 7.99. The Balaban J connectivity index is 1.53. The van der Waals surface area contributed by atoms with Crippen molar-refractivity contribution in [3.8, 4) is 11.4 Å². The number of nitrogens with zero attached hydrogens (tertiary/aromatic N) is 5. The number of benzene rings is 1. The Bertz CT molecular complexity index is 936. The number of aromatic nitrogens is 4. The lowest BCUT2D eigenvalue weighted by molar-refractivity contribution is -0.129. The number of hydrogen-bond donors (Lipinski definition) is 0. The van der Waals surface area contributed by atoms with Crippen LogP contribution in [0.2, 0.25) is 0 Å². The molecule has 1 fully saturated rings. The minimum absolute atomic E-state index is 0.180. The maximum absolute atomic E-state index is 12.7. The van der Waals surface area contributed by atoms with E-state index >= 15 is 0 Å². The number of amides is 1. The summed E-state index contributed by atoms with van der Waals surface area (Å²) in [7, 11) is 0.